The van der Waals surface area contributed by atoms with Crippen molar-refractivity contribution < 1.29 is 9.47 Å². The summed E-state index contributed by atoms with van der Waals surface area (Å²) in [5.74, 6) is 0.700. The van der Waals surface area contributed by atoms with Gasteiger partial charge in [-0.05, 0) is 29.7 Å². The van der Waals surface area contributed by atoms with Gasteiger partial charge in [0.25, 0.3) is 0 Å². The Morgan fingerprint density at radius 2 is 1.86 bits per heavy atom. The summed E-state index contributed by atoms with van der Waals surface area (Å²) in [5.41, 5.74) is -0.127. The summed E-state index contributed by atoms with van der Waals surface area (Å²) < 4.78 is 13.4. The summed E-state index contributed by atoms with van der Waals surface area (Å²) in [6.07, 6.45) is 2.49. The fourth-order valence-electron chi connectivity index (χ4n) is 2.15. The molecule has 1 heterocycles. The first-order valence-corrected chi connectivity index (χ1v) is 7.09. The normalized spacial score (nSPS) is 14.7. The minimum Gasteiger partial charge on any atom is -0.466 e. The van der Waals surface area contributed by atoms with E-state index in [0.29, 0.717) is 10.8 Å². The molecule has 5 nitrogen and oxygen atoms in total. The van der Waals surface area contributed by atoms with E-state index in [1.807, 2.05) is 12.1 Å². The lowest BCUT2D eigenvalue weighted by Gasteiger charge is -2.35. The number of nitrogens with zero attached hydrogens (tertiary/aromatic N) is 3. The van der Waals surface area contributed by atoms with Crippen LogP contribution in [-0.4, -0.2) is 28.0 Å². The first kappa shape index (κ1) is 15.8. The van der Waals surface area contributed by atoms with E-state index >= 15 is 0 Å². The predicted molar refractivity (Wildman–Crippen MR) is 81.4 cm³/mol. The molecule has 1 aromatic carbocycles. The fraction of sp³-hybridized carbons (Fsp3) is 0.467. The van der Waals surface area contributed by atoms with E-state index < -0.39 is 6.23 Å². The van der Waals surface area contributed by atoms with Gasteiger partial charge in [-0.2, -0.15) is 5.10 Å². The van der Waals surface area contributed by atoms with Crippen LogP contribution in [-0.2, 0) is 4.74 Å². The number of halogens is 1. The lowest BCUT2D eigenvalue weighted by atomic mass is 9.88. The Bertz CT molecular complexity index is 549. The van der Waals surface area contributed by atoms with Crippen molar-refractivity contribution in [2.24, 2.45) is 5.41 Å². The highest BCUT2D eigenvalue weighted by Gasteiger charge is 2.35. The molecule has 0 spiro atoms. The minimum atomic E-state index is -0.418. The van der Waals surface area contributed by atoms with Crippen molar-refractivity contribution in [3.63, 3.8) is 0 Å². The van der Waals surface area contributed by atoms with Gasteiger partial charge < -0.3 is 9.47 Å². The van der Waals surface area contributed by atoms with Crippen molar-refractivity contribution in [3.05, 3.63) is 41.9 Å². The van der Waals surface area contributed by atoms with Crippen LogP contribution in [0.2, 0.25) is 5.02 Å². The van der Waals surface area contributed by atoms with Crippen molar-refractivity contribution in [2.45, 2.75) is 33.1 Å². The Balaban J connectivity index is 2.30. The lowest BCUT2D eigenvalue weighted by Crippen LogP contribution is -2.40. The monoisotopic (exact) mass is 309 g/mol. The number of hydrogen-bond acceptors (Lipinski definition) is 4. The molecule has 2 rings (SSSR count). The Hall–Kier alpha value is -1.59. The summed E-state index contributed by atoms with van der Waals surface area (Å²) in [5, 5.41) is 4.85. The Kier molecular flexibility index (Phi) is 4.85. The van der Waals surface area contributed by atoms with Crippen LogP contribution >= 0.6 is 11.6 Å². The molecule has 0 aliphatic carbocycles. The molecule has 0 saturated heterocycles. The van der Waals surface area contributed by atoms with Gasteiger partial charge in [0.1, 0.15) is 24.5 Å². The maximum Gasteiger partial charge on any atom is 0.219 e. The van der Waals surface area contributed by atoms with Crippen LogP contribution in [0.3, 0.4) is 0 Å². The zero-order valence-electron chi connectivity index (χ0n) is 12.7. The van der Waals surface area contributed by atoms with E-state index in [2.05, 4.69) is 30.9 Å². The number of methoxy groups -OCH3 is 1. The van der Waals surface area contributed by atoms with Crippen LogP contribution in [0.1, 0.15) is 27.0 Å². The average Bonchev–Trinajstić information content (AvgIpc) is 2.93. The Labute approximate surface area is 129 Å². The van der Waals surface area contributed by atoms with Crippen molar-refractivity contribution >= 4 is 11.6 Å². The highest BCUT2D eigenvalue weighted by atomic mass is 35.5. The lowest BCUT2D eigenvalue weighted by molar-refractivity contribution is -0.0958. The highest BCUT2D eigenvalue weighted by Crippen LogP contribution is 2.32. The quantitative estimate of drug-likeness (QED) is 0.847. The van der Waals surface area contributed by atoms with Gasteiger partial charge in [0.15, 0.2) is 0 Å². The summed E-state index contributed by atoms with van der Waals surface area (Å²) >= 11 is 5.90. The number of aromatic nitrogens is 3. The largest absolute Gasteiger partial charge is 0.466 e. The van der Waals surface area contributed by atoms with Gasteiger partial charge in [0.2, 0.25) is 6.23 Å². The molecule has 0 saturated carbocycles. The molecule has 0 amide bonds. The third-order valence-electron chi connectivity index (χ3n) is 3.13. The third kappa shape index (κ3) is 3.95. The summed E-state index contributed by atoms with van der Waals surface area (Å²) in [4.78, 5) is 3.99. The molecular weight excluding hydrogens is 290 g/mol. The summed E-state index contributed by atoms with van der Waals surface area (Å²) in [6, 6.07) is 7.21. The van der Waals surface area contributed by atoms with E-state index in [1.165, 1.54) is 6.33 Å². The van der Waals surface area contributed by atoms with Gasteiger partial charge in [-0.1, -0.05) is 32.4 Å². The minimum absolute atomic E-state index is 0.127. The first-order chi connectivity index (χ1) is 9.91. The van der Waals surface area contributed by atoms with Gasteiger partial charge in [-0.25, -0.2) is 9.67 Å². The maximum atomic E-state index is 6.07. The number of rotatable bonds is 5. The van der Waals surface area contributed by atoms with Gasteiger partial charge in [-0.3, -0.25) is 0 Å². The fourth-order valence-corrected chi connectivity index (χ4v) is 2.28. The first-order valence-electron chi connectivity index (χ1n) is 6.71. The second-order valence-corrected chi connectivity index (χ2v) is 6.30. The average molecular weight is 310 g/mol. The van der Waals surface area contributed by atoms with Gasteiger partial charge >= 0.3 is 0 Å². The molecule has 0 fully saturated rings. The molecule has 0 aliphatic heterocycles. The summed E-state index contributed by atoms with van der Waals surface area (Å²) in [6.45, 7) is 6.28. The molecule has 6 heteroatoms. The number of ether oxygens (including phenoxy) is 2. The molecule has 0 N–H and O–H groups in total. The molecule has 0 radical (unpaired) electrons. The van der Waals surface area contributed by atoms with Crippen molar-refractivity contribution in [1.29, 1.82) is 0 Å². The van der Waals surface area contributed by atoms with Crippen molar-refractivity contribution in [3.8, 4) is 5.75 Å². The molecule has 21 heavy (non-hydrogen) atoms. The smallest absolute Gasteiger partial charge is 0.219 e. The van der Waals surface area contributed by atoms with Gasteiger partial charge in [-0.15, -0.1) is 0 Å². The van der Waals surface area contributed by atoms with Gasteiger partial charge in [0.05, 0.1) is 0 Å². The zero-order chi connectivity index (χ0) is 15.5. The topological polar surface area (TPSA) is 49.2 Å². The van der Waals surface area contributed by atoms with E-state index in [1.54, 1.807) is 30.3 Å². The van der Waals surface area contributed by atoms with Crippen molar-refractivity contribution in [1.82, 2.24) is 14.8 Å². The SMILES string of the molecule is COC(C(Oc1ccc(Cl)cc1)n1cncn1)C(C)(C)C. The molecule has 0 aliphatic rings. The number of benzene rings is 1. The molecule has 2 unspecified atom stereocenters. The Morgan fingerprint density at radius 1 is 1.19 bits per heavy atom. The zero-order valence-corrected chi connectivity index (χ0v) is 13.4. The van der Waals surface area contributed by atoms with Crippen LogP contribution < -0.4 is 4.74 Å². The third-order valence-corrected chi connectivity index (χ3v) is 3.39. The molecular formula is C15H20ClN3O2. The maximum absolute atomic E-state index is 6.07. The molecule has 2 aromatic rings. The van der Waals surface area contributed by atoms with Crippen LogP contribution in [0.15, 0.2) is 36.9 Å². The van der Waals surface area contributed by atoms with Crippen LogP contribution in [0.5, 0.6) is 5.75 Å². The van der Waals surface area contributed by atoms with Crippen LogP contribution in [0, 0.1) is 5.41 Å². The second-order valence-electron chi connectivity index (χ2n) is 5.86. The van der Waals surface area contributed by atoms with Crippen LogP contribution in [0.25, 0.3) is 0 Å². The predicted octanol–water partition coefficient (Wildman–Crippen LogP) is 3.57. The standard InChI is InChI=1S/C15H20ClN3O2/c1-15(2,3)13(20-4)14(19-10-17-9-18-19)21-12-7-5-11(16)6-8-12/h5-10,13-14H,1-4H3. The van der Waals surface area contributed by atoms with E-state index in [-0.39, 0.29) is 11.5 Å². The molecule has 1 aromatic heterocycles. The molecule has 2 atom stereocenters. The van der Waals surface area contributed by atoms with Crippen molar-refractivity contribution in [2.75, 3.05) is 7.11 Å². The van der Waals surface area contributed by atoms with E-state index in [9.17, 15) is 0 Å². The highest BCUT2D eigenvalue weighted by molar-refractivity contribution is 6.30. The molecule has 114 valence electrons. The van der Waals surface area contributed by atoms with E-state index in [4.69, 9.17) is 21.1 Å². The number of hydrogen-bond donors (Lipinski definition) is 0. The molecule has 0 bridgehead atoms. The van der Waals surface area contributed by atoms with E-state index in [0.717, 1.165) is 0 Å². The Morgan fingerprint density at radius 3 is 2.33 bits per heavy atom. The second kappa shape index (κ2) is 6.45. The van der Waals surface area contributed by atoms with Crippen LogP contribution in [0.4, 0.5) is 0 Å². The summed E-state index contributed by atoms with van der Waals surface area (Å²) in [7, 11) is 1.67. The van der Waals surface area contributed by atoms with Gasteiger partial charge in [0, 0.05) is 12.1 Å².